The first-order valence-corrected chi connectivity index (χ1v) is 5.89. The van der Waals surface area contributed by atoms with E-state index in [9.17, 15) is 8.78 Å². The summed E-state index contributed by atoms with van der Waals surface area (Å²) in [4.78, 5) is 3.84. The Morgan fingerprint density at radius 1 is 0.900 bits per heavy atom. The molecule has 0 saturated heterocycles. The van der Waals surface area contributed by atoms with Crippen LogP contribution < -0.4 is 0 Å². The highest BCUT2D eigenvalue weighted by Crippen LogP contribution is 2.17. The van der Waals surface area contributed by atoms with Crippen molar-refractivity contribution >= 4 is 18.1 Å². The molecule has 0 saturated carbocycles. The van der Waals surface area contributed by atoms with Crippen LogP contribution in [0.15, 0.2) is 59.6 Å². The Morgan fingerprint density at radius 3 is 1.80 bits per heavy atom. The predicted octanol–water partition coefficient (Wildman–Crippen LogP) is 4.07. The lowest BCUT2D eigenvalue weighted by molar-refractivity contribution is 0.627. The lowest BCUT2D eigenvalue weighted by Crippen LogP contribution is -1.96. The fourth-order valence-corrected chi connectivity index (χ4v) is 1.69. The number of hydrogen-bond acceptors (Lipinski definition) is 2. The van der Waals surface area contributed by atoms with Crippen molar-refractivity contribution in [3.8, 4) is 0 Å². The molecule has 0 aliphatic heterocycles. The maximum atomic E-state index is 12.9. The summed E-state index contributed by atoms with van der Waals surface area (Å²) in [6.07, 6.45) is 1.51. The predicted molar refractivity (Wildman–Crippen MR) is 77.2 cm³/mol. The first kappa shape index (κ1) is 13.8. The molecule has 4 heteroatoms. The number of aliphatic imine (C=N–C) groups is 1. The lowest BCUT2D eigenvalue weighted by atomic mass is 10.1. The van der Waals surface area contributed by atoms with E-state index in [4.69, 9.17) is 5.41 Å². The third kappa shape index (κ3) is 3.23. The largest absolute Gasteiger partial charge is 0.300 e. The smallest absolute Gasteiger partial charge is 0.123 e. The topological polar surface area (TPSA) is 36.2 Å². The summed E-state index contributed by atoms with van der Waals surface area (Å²) < 4.78 is 25.7. The summed E-state index contributed by atoms with van der Waals surface area (Å²) >= 11 is 0. The van der Waals surface area contributed by atoms with Crippen LogP contribution in [0.2, 0.25) is 0 Å². The molecule has 0 aromatic heterocycles. The first-order valence-electron chi connectivity index (χ1n) is 5.89. The number of nitrogens with zero attached hydrogens (tertiary/aromatic N) is 1. The second-order valence-corrected chi connectivity index (χ2v) is 4.12. The average Bonchev–Trinajstić information content (AvgIpc) is 2.46. The van der Waals surface area contributed by atoms with Crippen LogP contribution in [-0.4, -0.2) is 12.4 Å². The molecule has 0 amide bonds. The second-order valence-electron chi connectivity index (χ2n) is 4.12. The highest BCUT2D eigenvalue weighted by molar-refractivity contribution is 6.10. The highest BCUT2D eigenvalue weighted by Gasteiger charge is 2.04. The van der Waals surface area contributed by atoms with Gasteiger partial charge >= 0.3 is 0 Å². The summed E-state index contributed by atoms with van der Waals surface area (Å²) in [5.41, 5.74) is 1.86. The van der Waals surface area contributed by atoms with Crippen LogP contribution in [0.3, 0.4) is 0 Å². The molecule has 0 heterocycles. The van der Waals surface area contributed by atoms with Crippen molar-refractivity contribution in [1.82, 2.24) is 0 Å². The number of benzene rings is 2. The zero-order valence-electron chi connectivity index (χ0n) is 10.6. The molecule has 2 nitrogen and oxygen atoms in total. The average molecular weight is 270 g/mol. The molecule has 2 aromatic carbocycles. The number of rotatable bonds is 4. The van der Waals surface area contributed by atoms with E-state index in [2.05, 4.69) is 11.7 Å². The Bertz CT molecular complexity index is 656. The molecule has 0 fully saturated rings. The van der Waals surface area contributed by atoms with Gasteiger partial charge in [-0.05, 0) is 66.9 Å². The fraction of sp³-hybridized carbons (Fsp3) is 0. The molecule has 100 valence electrons. The zero-order valence-corrected chi connectivity index (χ0v) is 10.6. The monoisotopic (exact) mass is 270 g/mol. The quantitative estimate of drug-likeness (QED) is 0.813. The Balaban J connectivity index is 2.31. The summed E-state index contributed by atoms with van der Waals surface area (Å²) in [5.74, 6) is -0.697. The maximum absolute atomic E-state index is 12.9. The molecule has 0 radical (unpaired) electrons. The van der Waals surface area contributed by atoms with Gasteiger partial charge in [-0.25, -0.2) is 8.78 Å². The standard InChI is InChI=1S/C16H12F2N2/c1-20-16(12-4-8-14(18)9-5-12)10-15(19)11-2-6-13(17)7-3-11/h2-10,19H,1H2/b16-10-,19-15?. The molecule has 1 N–H and O–H groups in total. The lowest BCUT2D eigenvalue weighted by Gasteiger charge is -2.04. The molecule has 0 aliphatic carbocycles. The number of allylic oxidation sites excluding steroid dienone is 1. The van der Waals surface area contributed by atoms with Crippen molar-refractivity contribution in [1.29, 1.82) is 5.41 Å². The van der Waals surface area contributed by atoms with E-state index in [1.807, 2.05) is 0 Å². The molecule has 20 heavy (non-hydrogen) atoms. The van der Waals surface area contributed by atoms with Crippen LogP contribution >= 0.6 is 0 Å². The fourth-order valence-electron chi connectivity index (χ4n) is 1.69. The Labute approximate surface area is 115 Å². The zero-order chi connectivity index (χ0) is 14.5. The van der Waals surface area contributed by atoms with Gasteiger partial charge in [0.2, 0.25) is 0 Å². The van der Waals surface area contributed by atoms with Gasteiger partial charge in [-0.2, -0.15) is 0 Å². The third-order valence-corrected chi connectivity index (χ3v) is 2.75. The minimum atomic E-state index is -0.355. The van der Waals surface area contributed by atoms with Gasteiger partial charge in [0.1, 0.15) is 11.6 Å². The van der Waals surface area contributed by atoms with Crippen molar-refractivity contribution in [3.05, 3.63) is 77.4 Å². The second kappa shape index (κ2) is 6.02. The summed E-state index contributed by atoms with van der Waals surface area (Å²) in [5, 5.41) is 7.96. The van der Waals surface area contributed by atoms with Gasteiger partial charge < -0.3 is 5.41 Å². The third-order valence-electron chi connectivity index (χ3n) is 2.75. The minimum Gasteiger partial charge on any atom is -0.300 e. The van der Waals surface area contributed by atoms with E-state index in [1.165, 1.54) is 42.5 Å². The number of halogens is 2. The Kier molecular flexibility index (Phi) is 4.15. The van der Waals surface area contributed by atoms with Gasteiger partial charge in [0.05, 0.1) is 11.4 Å². The van der Waals surface area contributed by atoms with Crippen LogP contribution in [0, 0.1) is 17.0 Å². The molecule has 0 unspecified atom stereocenters. The first-order chi connectivity index (χ1) is 9.60. The normalized spacial score (nSPS) is 11.2. The minimum absolute atomic E-state index is 0.178. The van der Waals surface area contributed by atoms with Gasteiger partial charge in [-0.1, -0.05) is 0 Å². The van der Waals surface area contributed by atoms with E-state index < -0.39 is 0 Å². The van der Waals surface area contributed by atoms with E-state index >= 15 is 0 Å². The van der Waals surface area contributed by atoms with Crippen LogP contribution in [-0.2, 0) is 0 Å². The summed E-state index contributed by atoms with van der Waals surface area (Å²) in [6, 6.07) is 11.4. The van der Waals surface area contributed by atoms with E-state index in [1.54, 1.807) is 12.1 Å². The Hall–Kier alpha value is -2.62. The van der Waals surface area contributed by atoms with E-state index in [0.29, 0.717) is 16.8 Å². The molecular weight excluding hydrogens is 258 g/mol. The van der Waals surface area contributed by atoms with Gasteiger partial charge in [0, 0.05) is 5.56 Å². The van der Waals surface area contributed by atoms with Crippen molar-refractivity contribution in [2.45, 2.75) is 0 Å². The molecule has 2 aromatic rings. The van der Waals surface area contributed by atoms with Crippen LogP contribution in [0.4, 0.5) is 8.78 Å². The number of hydrogen-bond donors (Lipinski definition) is 1. The van der Waals surface area contributed by atoms with Gasteiger partial charge in [0.15, 0.2) is 0 Å². The molecule has 0 atom stereocenters. The van der Waals surface area contributed by atoms with E-state index in [0.717, 1.165) is 0 Å². The van der Waals surface area contributed by atoms with Crippen molar-refractivity contribution in [2.24, 2.45) is 4.99 Å². The van der Waals surface area contributed by atoms with Crippen molar-refractivity contribution in [3.63, 3.8) is 0 Å². The van der Waals surface area contributed by atoms with Gasteiger partial charge in [0.25, 0.3) is 0 Å². The molecule has 2 rings (SSSR count). The number of nitrogens with one attached hydrogen (secondary N) is 1. The van der Waals surface area contributed by atoms with Crippen LogP contribution in [0.25, 0.3) is 5.70 Å². The summed E-state index contributed by atoms with van der Waals surface area (Å²) in [6.45, 7) is 3.45. The van der Waals surface area contributed by atoms with Gasteiger partial charge in [-0.3, -0.25) is 4.99 Å². The van der Waals surface area contributed by atoms with E-state index in [-0.39, 0.29) is 17.3 Å². The molecule has 0 bridgehead atoms. The molecular formula is C16H12F2N2. The van der Waals surface area contributed by atoms with Crippen LogP contribution in [0.5, 0.6) is 0 Å². The molecule has 0 aliphatic rings. The Morgan fingerprint density at radius 2 is 1.35 bits per heavy atom. The van der Waals surface area contributed by atoms with Crippen molar-refractivity contribution < 1.29 is 8.78 Å². The SMILES string of the molecule is C=N/C(=C\C(=N)c1ccc(F)cc1)c1ccc(F)cc1. The summed E-state index contributed by atoms with van der Waals surface area (Å²) in [7, 11) is 0. The van der Waals surface area contributed by atoms with Crippen LogP contribution in [0.1, 0.15) is 11.1 Å². The molecule has 0 spiro atoms. The maximum Gasteiger partial charge on any atom is 0.123 e. The van der Waals surface area contributed by atoms with Gasteiger partial charge in [-0.15, -0.1) is 0 Å². The van der Waals surface area contributed by atoms with Crippen molar-refractivity contribution in [2.75, 3.05) is 0 Å². The highest BCUT2D eigenvalue weighted by atomic mass is 19.1.